The van der Waals surface area contributed by atoms with Crippen LogP contribution in [0.15, 0.2) is 0 Å². The molecule has 0 fully saturated rings. The van der Waals surface area contributed by atoms with E-state index in [1.807, 2.05) is 0 Å². The fraction of sp³-hybridized carbons (Fsp3) is 1.00. The van der Waals surface area contributed by atoms with E-state index >= 15 is 0 Å². The van der Waals surface area contributed by atoms with Gasteiger partial charge in [0, 0.05) is 0 Å². The first kappa shape index (κ1) is 13.0. The van der Waals surface area contributed by atoms with Crippen LogP contribution < -0.4 is 0 Å². The zero-order valence-corrected chi connectivity index (χ0v) is 10.3. The van der Waals surface area contributed by atoms with Crippen LogP contribution in [0.5, 0.6) is 0 Å². The minimum absolute atomic E-state index is 0.611. The SMILES string of the molecule is CCCCC(C)(CC)C(CC)CC. The third kappa shape index (κ3) is 3.70. The van der Waals surface area contributed by atoms with Gasteiger partial charge in [0.15, 0.2) is 0 Å². The zero-order chi connectivity index (χ0) is 10.3. The van der Waals surface area contributed by atoms with E-state index in [1.165, 1.54) is 38.5 Å². The molecular formula is C13H28. The Morgan fingerprint density at radius 1 is 1.00 bits per heavy atom. The Bertz CT molecular complexity index is 113. The molecule has 0 bridgehead atoms. The lowest BCUT2D eigenvalue weighted by atomic mass is 9.69. The fourth-order valence-corrected chi connectivity index (χ4v) is 2.52. The molecule has 80 valence electrons. The molecule has 1 atom stereocenters. The van der Waals surface area contributed by atoms with E-state index in [-0.39, 0.29) is 0 Å². The smallest absolute Gasteiger partial charge is 0.0300 e. The Kier molecular flexibility index (Phi) is 6.45. The molecule has 0 aromatic rings. The summed E-state index contributed by atoms with van der Waals surface area (Å²) in [6.45, 7) is 11.8. The standard InChI is InChI=1S/C13H28/c1-6-10-11-13(5,9-4)12(7-2)8-3/h12H,6-11H2,1-5H3. The van der Waals surface area contributed by atoms with Crippen molar-refractivity contribution < 1.29 is 0 Å². The van der Waals surface area contributed by atoms with Gasteiger partial charge in [-0.3, -0.25) is 0 Å². The van der Waals surface area contributed by atoms with Crippen LogP contribution >= 0.6 is 0 Å². The number of unbranched alkanes of at least 4 members (excludes halogenated alkanes) is 1. The van der Waals surface area contributed by atoms with Gasteiger partial charge in [-0.25, -0.2) is 0 Å². The molecule has 0 aliphatic carbocycles. The first-order valence-electron chi connectivity index (χ1n) is 6.14. The second-order valence-electron chi connectivity index (χ2n) is 4.62. The van der Waals surface area contributed by atoms with Gasteiger partial charge < -0.3 is 0 Å². The number of rotatable bonds is 7. The monoisotopic (exact) mass is 184 g/mol. The highest BCUT2D eigenvalue weighted by Crippen LogP contribution is 2.40. The van der Waals surface area contributed by atoms with Crippen molar-refractivity contribution in [3.05, 3.63) is 0 Å². The molecule has 0 nitrogen and oxygen atoms in total. The maximum atomic E-state index is 2.49. The lowest BCUT2D eigenvalue weighted by Crippen LogP contribution is -2.25. The summed E-state index contributed by atoms with van der Waals surface area (Å²) >= 11 is 0. The van der Waals surface area contributed by atoms with Crippen molar-refractivity contribution in [3.63, 3.8) is 0 Å². The lowest BCUT2D eigenvalue weighted by molar-refractivity contribution is 0.146. The molecule has 1 unspecified atom stereocenters. The summed E-state index contributed by atoms with van der Waals surface area (Å²) in [6, 6.07) is 0. The van der Waals surface area contributed by atoms with Gasteiger partial charge in [-0.2, -0.15) is 0 Å². The van der Waals surface area contributed by atoms with Crippen molar-refractivity contribution in [2.75, 3.05) is 0 Å². The maximum absolute atomic E-state index is 2.49. The van der Waals surface area contributed by atoms with Crippen LogP contribution in [0, 0.1) is 11.3 Å². The van der Waals surface area contributed by atoms with E-state index < -0.39 is 0 Å². The summed E-state index contributed by atoms with van der Waals surface area (Å²) in [6.07, 6.45) is 8.22. The van der Waals surface area contributed by atoms with Gasteiger partial charge in [0.2, 0.25) is 0 Å². The molecular weight excluding hydrogens is 156 g/mol. The van der Waals surface area contributed by atoms with Gasteiger partial charge in [-0.1, -0.05) is 66.7 Å². The Labute approximate surface area is 85.1 Å². The maximum Gasteiger partial charge on any atom is -0.0300 e. The molecule has 0 radical (unpaired) electrons. The van der Waals surface area contributed by atoms with Gasteiger partial charge in [0.25, 0.3) is 0 Å². The van der Waals surface area contributed by atoms with E-state index in [0.29, 0.717) is 5.41 Å². The van der Waals surface area contributed by atoms with Crippen LogP contribution in [0.3, 0.4) is 0 Å². The predicted octanol–water partition coefficient (Wildman–Crippen LogP) is 5.03. The van der Waals surface area contributed by atoms with E-state index in [1.54, 1.807) is 0 Å². The minimum atomic E-state index is 0.611. The quantitative estimate of drug-likeness (QED) is 0.520. The van der Waals surface area contributed by atoms with Crippen molar-refractivity contribution in [2.24, 2.45) is 11.3 Å². The number of hydrogen-bond acceptors (Lipinski definition) is 0. The Morgan fingerprint density at radius 2 is 1.54 bits per heavy atom. The van der Waals surface area contributed by atoms with Crippen LogP contribution in [0.2, 0.25) is 0 Å². The van der Waals surface area contributed by atoms with E-state index in [0.717, 1.165) is 5.92 Å². The minimum Gasteiger partial charge on any atom is -0.0654 e. The molecule has 0 aliphatic rings. The molecule has 0 heteroatoms. The van der Waals surface area contributed by atoms with Crippen molar-refractivity contribution in [1.29, 1.82) is 0 Å². The summed E-state index contributed by atoms with van der Waals surface area (Å²) in [5.74, 6) is 0.934. The second kappa shape index (κ2) is 6.45. The predicted molar refractivity (Wildman–Crippen MR) is 62.0 cm³/mol. The third-order valence-electron chi connectivity index (χ3n) is 3.88. The van der Waals surface area contributed by atoms with Crippen molar-refractivity contribution in [3.8, 4) is 0 Å². The normalized spacial score (nSPS) is 16.2. The molecule has 0 rings (SSSR count). The summed E-state index contributed by atoms with van der Waals surface area (Å²) in [4.78, 5) is 0. The van der Waals surface area contributed by atoms with E-state index in [9.17, 15) is 0 Å². The molecule has 13 heavy (non-hydrogen) atoms. The molecule has 0 aliphatic heterocycles. The highest BCUT2D eigenvalue weighted by Gasteiger charge is 2.28. The lowest BCUT2D eigenvalue weighted by Gasteiger charge is -2.36. The Balaban J connectivity index is 4.21. The second-order valence-corrected chi connectivity index (χ2v) is 4.62. The van der Waals surface area contributed by atoms with Crippen LogP contribution in [-0.4, -0.2) is 0 Å². The largest absolute Gasteiger partial charge is 0.0654 e. The Hall–Kier alpha value is 0. The molecule has 0 aromatic carbocycles. The highest BCUT2D eigenvalue weighted by atomic mass is 14.3. The average Bonchev–Trinajstić information content (AvgIpc) is 2.16. The number of hydrogen-bond donors (Lipinski definition) is 0. The third-order valence-corrected chi connectivity index (χ3v) is 3.88. The summed E-state index contributed by atoms with van der Waals surface area (Å²) in [5.41, 5.74) is 0.611. The first-order valence-corrected chi connectivity index (χ1v) is 6.14. The first-order chi connectivity index (χ1) is 6.14. The summed E-state index contributed by atoms with van der Waals surface area (Å²) in [7, 11) is 0. The topological polar surface area (TPSA) is 0 Å². The fourth-order valence-electron chi connectivity index (χ4n) is 2.52. The van der Waals surface area contributed by atoms with Crippen LogP contribution in [0.4, 0.5) is 0 Å². The van der Waals surface area contributed by atoms with Crippen molar-refractivity contribution in [1.82, 2.24) is 0 Å². The van der Waals surface area contributed by atoms with Crippen LogP contribution in [0.25, 0.3) is 0 Å². The molecule has 0 saturated heterocycles. The van der Waals surface area contributed by atoms with Crippen molar-refractivity contribution in [2.45, 2.75) is 73.1 Å². The van der Waals surface area contributed by atoms with Gasteiger partial charge in [0.05, 0.1) is 0 Å². The van der Waals surface area contributed by atoms with Gasteiger partial charge in [-0.15, -0.1) is 0 Å². The highest BCUT2D eigenvalue weighted by molar-refractivity contribution is 4.79. The molecule has 0 N–H and O–H groups in total. The molecule has 0 saturated carbocycles. The summed E-state index contributed by atoms with van der Waals surface area (Å²) < 4.78 is 0. The van der Waals surface area contributed by atoms with Crippen molar-refractivity contribution >= 4 is 0 Å². The average molecular weight is 184 g/mol. The molecule has 0 spiro atoms. The molecule has 0 aromatic heterocycles. The van der Waals surface area contributed by atoms with E-state index in [2.05, 4.69) is 34.6 Å². The van der Waals surface area contributed by atoms with Crippen LogP contribution in [0.1, 0.15) is 73.1 Å². The van der Waals surface area contributed by atoms with Gasteiger partial charge in [0.1, 0.15) is 0 Å². The molecule has 0 heterocycles. The molecule has 0 amide bonds. The van der Waals surface area contributed by atoms with E-state index in [4.69, 9.17) is 0 Å². The Morgan fingerprint density at radius 3 is 1.85 bits per heavy atom. The van der Waals surface area contributed by atoms with Gasteiger partial charge in [-0.05, 0) is 17.8 Å². The zero-order valence-electron chi connectivity index (χ0n) is 10.3. The summed E-state index contributed by atoms with van der Waals surface area (Å²) in [5, 5.41) is 0. The van der Waals surface area contributed by atoms with Gasteiger partial charge >= 0.3 is 0 Å². The van der Waals surface area contributed by atoms with Crippen LogP contribution in [-0.2, 0) is 0 Å².